The fourth-order valence-corrected chi connectivity index (χ4v) is 6.88. The number of rotatable bonds is 9. The molecule has 41 heavy (non-hydrogen) atoms. The van der Waals surface area contributed by atoms with Crippen molar-refractivity contribution in [3.63, 3.8) is 0 Å². The van der Waals surface area contributed by atoms with E-state index < -0.39 is 11.6 Å². The summed E-state index contributed by atoms with van der Waals surface area (Å²) in [6.45, 7) is 0.204. The lowest BCUT2D eigenvalue weighted by Gasteiger charge is -2.49. The summed E-state index contributed by atoms with van der Waals surface area (Å²) in [5.74, 6) is 0.965. The van der Waals surface area contributed by atoms with Crippen molar-refractivity contribution in [2.75, 3.05) is 7.11 Å². The molecular formula is C31H28Cl3NO6. The number of allylic oxidation sites excluding steroid dienone is 2. The maximum atomic E-state index is 11.5. The number of aromatic nitrogens is 1. The van der Waals surface area contributed by atoms with Gasteiger partial charge in [-0.25, -0.2) is 4.79 Å². The van der Waals surface area contributed by atoms with Gasteiger partial charge in [-0.1, -0.05) is 46.0 Å². The summed E-state index contributed by atoms with van der Waals surface area (Å²) in [7, 11) is 1.55. The summed E-state index contributed by atoms with van der Waals surface area (Å²) < 4.78 is 17.4. The van der Waals surface area contributed by atoms with Crippen molar-refractivity contribution in [3.8, 4) is 17.0 Å². The van der Waals surface area contributed by atoms with Gasteiger partial charge in [-0.2, -0.15) is 0 Å². The SMILES string of the molecule is COc1ccc(C(=O)O)cc1C1CC(O)(C2CC=C(OCc3c(-c4c(Cl)cccc4Cl)noc3C3CC3)C=C2Cl)C1. The maximum Gasteiger partial charge on any atom is 0.335 e. The quantitative estimate of drug-likeness (QED) is 0.251. The molecule has 2 fully saturated rings. The van der Waals surface area contributed by atoms with Crippen molar-refractivity contribution in [2.24, 2.45) is 5.92 Å². The average molecular weight is 617 g/mol. The number of benzene rings is 2. The average Bonchev–Trinajstić information content (AvgIpc) is 3.69. The normalized spacial score (nSPS) is 23.8. The third-order valence-electron chi connectivity index (χ3n) is 8.28. The van der Waals surface area contributed by atoms with Gasteiger partial charge in [0.1, 0.15) is 29.6 Å². The van der Waals surface area contributed by atoms with Gasteiger partial charge in [-0.15, -0.1) is 0 Å². The van der Waals surface area contributed by atoms with Crippen LogP contribution < -0.4 is 4.74 Å². The summed E-state index contributed by atoms with van der Waals surface area (Å²) in [6, 6.07) is 10.1. The number of aromatic carboxylic acids is 1. The van der Waals surface area contributed by atoms with Gasteiger partial charge in [-0.05, 0) is 86.1 Å². The molecule has 0 spiro atoms. The Hall–Kier alpha value is -2.97. The van der Waals surface area contributed by atoms with Gasteiger partial charge in [0.05, 0.1) is 33.9 Å². The molecule has 0 aliphatic heterocycles. The van der Waals surface area contributed by atoms with Crippen LogP contribution in [-0.2, 0) is 11.3 Å². The number of methoxy groups -OCH3 is 1. The molecule has 7 nitrogen and oxygen atoms in total. The first kappa shape index (κ1) is 28.2. The molecule has 0 bridgehead atoms. The Kier molecular flexibility index (Phi) is 7.57. The summed E-state index contributed by atoms with van der Waals surface area (Å²) in [5, 5.41) is 26.7. The summed E-state index contributed by atoms with van der Waals surface area (Å²) >= 11 is 19.7. The Balaban J connectivity index is 1.15. The van der Waals surface area contributed by atoms with Gasteiger partial charge in [0.25, 0.3) is 0 Å². The van der Waals surface area contributed by atoms with Crippen LogP contribution in [0.5, 0.6) is 5.75 Å². The van der Waals surface area contributed by atoms with Gasteiger partial charge >= 0.3 is 5.97 Å². The van der Waals surface area contributed by atoms with Crippen molar-refractivity contribution >= 4 is 40.8 Å². The zero-order chi connectivity index (χ0) is 28.9. The highest BCUT2D eigenvalue weighted by molar-refractivity contribution is 6.39. The molecule has 0 amide bonds. The zero-order valence-electron chi connectivity index (χ0n) is 22.2. The van der Waals surface area contributed by atoms with Crippen LogP contribution in [0.3, 0.4) is 0 Å². The number of carbonyl (C=O) groups is 1. The number of aliphatic hydroxyl groups is 1. The van der Waals surface area contributed by atoms with Crippen LogP contribution in [0.25, 0.3) is 11.3 Å². The van der Waals surface area contributed by atoms with E-state index in [1.165, 1.54) is 6.07 Å². The van der Waals surface area contributed by atoms with E-state index in [0.29, 0.717) is 63.0 Å². The van der Waals surface area contributed by atoms with E-state index in [4.69, 9.17) is 48.8 Å². The third-order valence-corrected chi connectivity index (χ3v) is 9.28. The fraction of sp³-hybridized carbons (Fsp3) is 0.355. The zero-order valence-corrected chi connectivity index (χ0v) is 24.5. The minimum Gasteiger partial charge on any atom is -0.496 e. The number of halogens is 3. The largest absolute Gasteiger partial charge is 0.496 e. The van der Waals surface area contributed by atoms with Crippen molar-refractivity contribution in [2.45, 2.75) is 56.1 Å². The summed E-state index contributed by atoms with van der Waals surface area (Å²) in [4.78, 5) is 11.5. The highest BCUT2D eigenvalue weighted by Crippen LogP contribution is 2.55. The molecule has 3 aliphatic carbocycles. The Labute approximate surface area is 252 Å². The number of carboxylic acid groups (broad SMARTS) is 1. The van der Waals surface area contributed by atoms with E-state index in [9.17, 15) is 15.0 Å². The number of carboxylic acids is 1. The third kappa shape index (κ3) is 5.37. The van der Waals surface area contributed by atoms with E-state index in [0.717, 1.165) is 29.7 Å². The van der Waals surface area contributed by atoms with Crippen molar-refractivity contribution < 1.29 is 29.0 Å². The van der Waals surface area contributed by atoms with Crippen LogP contribution in [0.2, 0.25) is 10.0 Å². The van der Waals surface area contributed by atoms with E-state index in [1.54, 1.807) is 43.5 Å². The number of hydrogen-bond acceptors (Lipinski definition) is 6. The van der Waals surface area contributed by atoms with Crippen molar-refractivity contribution in [1.82, 2.24) is 5.16 Å². The second kappa shape index (κ2) is 11.0. The fourth-order valence-electron chi connectivity index (χ4n) is 5.91. The molecule has 2 aromatic carbocycles. The molecular weight excluding hydrogens is 589 g/mol. The summed E-state index contributed by atoms with van der Waals surface area (Å²) in [6.07, 6.45) is 7.12. The van der Waals surface area contributed by atoms with Gasteiger partial charge < -0.3 is 24.2 Å². The lowest BCUT2D eigenvalue weighted by atomic mass is 9.61. The first-order chi connectivity index (χ1) is 19.7. The van der Waals surface area contributed by atoms with Gasteiger partial charge in [0, 0.05) is 22.4 Å². The Morgan fingerprint density at radius 3 is 2.49 bits per heavy atom. The second-order valence-corrected chi connectivity index (χ2v) is 12.2. The van der Waals surface area contributed by atoms with E-state index in [2.05, 4.69) is 5.16 Å². The van der Waals surface area contributed by atoms with Crippen LogP contribution in [0, 0.1) is 5.92 Å². The standard InChI is InChI=1S/C31H28Cl3NO6/c1-39-26-10-7-17(30(36)37)11-20(26)18-13-31(38,14-18)22-9-8-19(12-25(22)34)40-15-21-28(35-41-29(21)16-5-6-16)27-23(32)3-2-4-24(27)33/h2-4,7-8,10-12,16,18,22,38H,5-6,9,13-15H2,1H3,(H,36,37). The van der Waals surface area contributed by atoms with Gasteiger partial charge in [-0.3, -0.25) is 0 Å². The van der Waals surface area contributed by atoms with Crippen LogP contribution in [-0.4, -0.2) is 34.0 Å². The molecule has 1 atom stereocenters. The minimum atomic E-state index is -1.02. The van der Waals surface area contributed by atoms with E-state index >= 15 is 0 Å². The molecule has 2 saturated carbocycles. The molecule has 6 rings (SSSR count). The predicted octanol–water partition coefficient (Wildman–Crippen LogP) is 8.08. The molecule has 1 unspecified atom stereocenters. The number of nitrogens with zero attached hydrogens (tertiary/aromatic N) is 1. The van der Waals surface area contributed by atoms with Crippen LogP contribution >= 0.6 is 34.8 Å². The Morgan fingerprint density at radius 2 is 1.85 bits per heavy atom. The summed E-state index contributed by atoms with van der Waals surface area (Å²) in [5.41, 5.74) is 1.95. The number of hydrogen-bond donors (Lipinski definition) is 2. The first-order valence-corrected chi connectivity index (χ1v) is 14.6. The van der Waals surface area contributed by atoms with Crippen molar-refractivity contribution in [1.29, 1.82) is 0 Å². The topological polar surface area (TPSA) is 102 Å². The molecule has 3 aromatic rings. The highest BCUT2D eigenvalue weighted by atomic mass is 35.5. The molecule has 0 radical (unpaired) electrons. The molecule has 3 aliphatic rings. The lowest BCUT2D eigenvalue weighted by Crippen LogP contribution is -2.49. The maximum absolute atomic E-state index is 11.5. The Morgan fingerprint density at radius 1 is 1.12 bits per heavy atom. The first-order valence-electron chi connectivity index (χ1n) is 13.4. The highest BCUT2D eigenvalue weighted by Gasteiger charge is 2.50. The minimum absolute atomic E-state index is 0.0372. The smallest absolute Gasteiger partial charge is 0.335 e. The predicted molar refractivity (Wildman–Crippen MR) is 156 cm³/mol. The van der Waals surface area contributed by atoms with Gasteiger partial charge in [0.2, 0.25) is 0 Å². The van der Waals surface area contributed by atoms with Gasteiger partial charge in [0.15, 0.2) is 0 Å². The molecule has 214 valence electrons. The molecule has 1 aromatic heterocycles. The second-order valence-electron chi connectivity index (χ2n) is 10.9. The molecule has 0 saturated heterocycles. The van der Waals surface area contributed by atoms with Crippen molar-refractivity contribution in [3.05, 3.63) is 91.8 Å². The lowest BCUT2D eigenvalue weighted by molar-refractivity contribution is -0.0839. The monoisotopic (exact) mass is 615 g/mol. The van der Waals surface area contributed by atoms with Crippen LogP contribution in [0.1, 0.15) is 71.2 Å². The molecule has 2 N–H and O–H groups in total. The molecule has 1 heterocycles. The molecule has 10 heteroatoms. The number of ether oxygens (including phenoxy) is 2. The Bertz CT molecular complexity index is 1550. The van der Waals surface area contributed by atoms with Crippen LogP contribution in [0.15, 0.2) is 63.9 Å². The van der Waals surface area contributed by atoms with Crippen LogP contribution in [0.4, 0.5) is 0 Å². The van der Waals surface area contributed by atoms with E-state index in [1.807, 2.05) is 6.08 Å². The van der Waals surface area contributed by atoms with E-state index in [-0.39, 0.29) is 24.0 Å².